The first-order valence-electron chi connectivity index (χ1n) is 10.9. The second kappa shape index (κ2) is 9.62. The molecule has 1 amide bonds. The Hall–Kier alpha value is -2.38. The van der Waals surface area contributed by atoms with Gasteiger partial charge in [-0.2, -0.15) is 5.10 Å². The smallest absolute Gasteiger partial charge is 0.274 e. The van der Waals surface area contributed by atoms with Crippen molar-refractivity contribution >= 4 is 5.91 Å². The zero-order valence-electron chi connectivity index (χ0n) is 18.0. The monoisotopic (exact) mass is 412 g/mol. The van der Waals surface area contributed by atoms with Crippen molar-refractivity contribution < 1.29 is 14.3 Å². The Labute approximate surface area is 178 Å². The van der Waals surface area contributed by atoms with Gasteiger partial charge in [0.2, 0.25) is 0 Å². The molecular weight excluding hydrogens is 380 g/mol. The van der Waals surface area contributed by atoms with Gasteiger partial charge in [-0.05, 0) is 62.4 Å². The fraction of sp³-hybridized carbons (Fsp3) is 0.565. The standard InChI is InChI=1S/C23H32N4O3/c1-18-3-4-22(29-2)21(17-18)27-12-8-20(24-27)23(28)26-10-6-19(7-11-26)5-9-25-13-15-30-16-14-25/h3-4,8,12,17,19H,5-7,9-11,13-16H2,1-2H3. The van der Waals surface area contributed by atoms with E-state index in [1.54, 1.807) is 17.9 Å². The highest BCUT2D eigenvalue weighted by Gasteiger charge is 2.25. The van der Waals surface area contributed by atoms with Crippen molar-refractivity contribution in [3.63, 3.8) is 0 Å². The Bertz CT molecular complexity index is 852. The fourth-order valence-corrected chi connectivity index (χ4v) is 4.33. The van der Waals surface area contributed by atoms with Crippen molar-refractivity contribution in [3.05, 3.63) is 41.7 Å². The fourth-order valence-electron chi connectivity index (χ4n) is 4.33. The maximum absolute atomic E-state index is 13.0. The number of hydrogen-bond acceptors (Lipinski definition) is 5. The highest BCUT2D eigenvalue weighted by molar-refractivity contribution is 5.92. The number of amides is 1. The highest BCUT2D eigenvalue weighted by atomic mass is 16.5. The molecule has 0 atom stereocenters. The third kappa shape index (κ3) is 4.84. The Kier molecular flexibility index (Phi) is 6.69. The van der Waals surface area contributed by atoms with Crippen LogP contribution < -0.4 is 4.74 Å². The molecule has 0 aliphatic carbocycles. The summed E-state index contributed by atoms with van der Waals surface area (Å²) in [5.41, 5.74) is 2.46. The van der Waals surface area contributed by atoms with Gasteiger partial charge in [0.25, 0.3) is 5.91 Å². The highest BCUT2D eigenvalue weighted by Crippen LogP contribution is 2.25. The number of aryl methyl sites for hydroxylation is 1. The molecule has 3 heterocycles. The molecule has 0 radical (unpaired) electrons. The maximum Gasteiger partial charge on any atom is 0.274 e. The predicted molar refractivity (Wildman–Crippen MR) is 115 cm³/mol. The van der Waals surface area contributed by atoms with Crippen LogP contribution >= 0.6 is 0 Å². The van der Waals surface area contributed by atoms with Gasteiger partial charge in [0.05, 0.1) is 20.3 Å². The summed E-state index contributed by atoms with van der Waals surface area (Å²) in [6, 6.07) is 7.74. The van der Waals surface area contributed by atoms with Crippen LogP contribution in [-0.2, 0) is 4.74 Å². The van der Waals surface area contributed by atoms with E-state index >= 15 is 0 Å². The van der Waals surface area contributed by atoms with Gasteiger partial charge < -0.3 is 14.4 Å². The molecule has 7 nitrogen and oxygen atoms in total. The minimum absolute atomic E-state index is 0.0204. The van der Waals surface area contributed by atoms with Crippen molar-refractivity contribution in [2.75, 3.05) is 53.0 Å². The van der Waals surface area contributed by atoms with Gasteiger partial charge in [-0.25, -0.2) is 4.68 Å². The topological polar surface area (TPSA) is 59.8 Å². The van der Waals surface area contributed by atoms with E-state index in [0.29, 0.717) is 11.6 Å². The number of benzene rings is 1. The lowest BCUT2D eigenvalue weighted by Crippen LogP contribution is -2.41. The van der Waals surface area contributed by atoms with Crippen LogP contribution in [0.4, 0.5) is 0 Å². The van der Waals surface area contributed by atoms with Gasteiger partial charge in [-0.15, -0.1) is 0 Å². The number of hydrogen-bond donors (Lipinski definition) is 0. The molecule has 1 aromatic carbocycles. The molecule has 7 heteroatoms. The van der Waals surface area contributed by atoms with Crippen molar-refractivity contribution in [2.24, 2.45) is 5.92 Å². The van der Waals surface area contributed by atoms with Crippen molar-refractivity contribution in [1.82, 2.24) is 19.6 Å². The van der Waals surface area contributed by atoms with E-state index in [9.17, 15) is 4.79 Å². The zero-order chi connectivity index (χ0) is 20.9. The Morgan fingerprint density at radius 1 is 1.17 bits per heavy atom. The van der Waals surface area contributed by atoms with Crippen molar-refractivity contribution in [3.8, 4) is 11.4 Å². The molecule has 0 N–H and O–H groups in total. The average Bonchev–Trinajstić information content (AvgIpc) is 3.28. The van der Waals surface area contributed by atoms with Gasteiger partial charge in [-0.1, -0.05) is 6.07 Å². The first-order valence-corrected chi connectivity index (χ1v) is 10.9. The van der Waals surface area contributed by atoms with E-state index in [0.717, 1.165) is 75.8 Å². The minimum Gasteiger partial charge on any atom is -0.494 e. The molecule has 30 heavy (non-hydrogen) atoms. The van der Waals surface area contributed by atoms with Crippen LogP contribution in [0.3, 0.4) is 0 Å². The summed E-state index contributed by atoms with van der Waals surface area (Å²) in [4.78, 5) is 17.4. The number of nitrogens with zero attached hydrogens (tertiary/aromatic N) is 4. The summed E-state index contributed by atoms with van der Waals surface area (Å²) in [5.74, 6) is 1.46. The summed E-state index contributed by atoms with van der Waals surface area (Å²) < 4.78 is 12.6. The second-order valence-corrected chi connectivity index (χ2v) is 8.30. The van der Waals surface area contributed by atoms with Crippen molar-refractivity contribution in [1.29, 1.82) is 0 Å². The molecule has 2 saturated heterocycles. The first-order chi connectivity index (χ1) is 14.6. The Morgan fingerprint density at radius 3 is 2.67 bits per heavy atom. The quantitative estimate of drug-likeness (QED) is 0.730. The van der Waals surface area contributed by atoms with Crippen LogP contribution in [0.5, 0.6) is 5.75 Å². The van der Waals surface area contributed by atoms with Crippen molar-refractivity contribution in [2.45, 2.75) is 26.2 Å². The molecule has 0 unspecified atom stereocenters. The maximum atomic E-state index is 13.0. The minimum atomic E-state index is 0.0204. The molecule has 2 aromatic rings. The number of aromatic nitrogens is 2. The molecule has 2 aliphatic heterocycles. The van der Waals surface area contributed by atoms with Crippen LogP contribution in [-0.4, -0.2) is 78.5 Å². The van der Waals surface area contributed by atoms with Gasteiger partial charge in [0.15, 0.2) is 5.69 Å². The third-order valence-electron chi connectivity index (χ3n) is 6.25. The summed E-state index contributed by atoms with van der Waals surface area (Å²) >= 11 is 0. The predicted octanol–water partition coefficient (Wildman–Crippen LogP) is 2.76. The number of rotatable bonds is 6. The lowest BCUT2D eigenvalue weighted by Gasteiger charge is -2.33. The molecule has 2 fully saturated rings. The van der Waals surface area contributed by atoms with Crippen LogP contribution in [0.1, 0.15) is 35.3 Å². The number of carbonyl (C=O) groups is 1. The molecular formula is C23H32N4O3. The molecule has 0 spiro atoms. The van der Waals surface area contributed by atoms with E-state index in [1.165, 1.54) is 6.42 Å². The number of morpholine rings is 1. The summed E-state index contributed by atoms with van der Waals surface area (Å²) in [5, 5.41) is 4.55. The zero-order valence-corrected chi connectivity index (χ0v) is 18.0. The molecule has 4 rings (SSSR count). The summed E-state index contributed by atoms with van der Waals surface area (Å²) in [6.45, 7) is 8.60. The number of piperidine rings is 1. The summed E-state index contributed by atoms with van der Waals surface area (Å²) in [6.07, 6.45) is 5.19. The first kappa shape index (κ1) is 20.9. The number of ether oxygens (including phenoxy) is 2. The van der Waals surface area contributed by atoms with E-state index < -0.39 is 0 Å². The van der Waals surface area contributed by atoms with E-state index in [2.05, 4.69) is 10.00 Å². The molecule has 0 bridgehead atoms. The molecule has 0 saturated carbocycles. The largest absolute Gasteiger partial charge is 0.494 e. The van der Waals surface area contributed by atoms with Crippen LogP contribution in [0, 0.1) is 12.8 Å². The van der Waals surface area contributed by atoms with E-state index in [4.69, 9.17) is 9.47 Å². The van der Waals surface area contributed by atoms with Crippen LogP contribution in [0.15, 0.2) is 30.5 Å². The normalized spacial score (nSPS) is 18.5. The lowest BCUT2D eigenvalue weighted by molar-refractivity contribution is 0.0332. The summed E-state index contributed by atoms with van der Waals surface area (Å²) in [7, 11) is 1.65. The molecule has 162 valence electrons. The number of likely N-dealkylation sites (tertiary alicyclic amines) is 1. The average molecular weight is 413 g/mol. The van der Waals surface area contributed by atoms with Crippen LogP contribution in [0.2, 0.25) is 0 Å². The molecule has 1 aromatic heterocycles. The number of methoxy groups -OCH3 is 1. The Balaban J connectivity index is 1.32. The van der Waals surface area contributed by atoms with Crippen LogP contribution in [0.25, 0.3) is 5.69 Å². The Morgan fingerprint density at radius 2 is 1.93 bits per heavy atom. The van der Waals surface area contributed by atoms with Gasteiger partial charge >= 0.3 is 0 Å². The van der Waals surface area contributed by atoms with Gasteiger partial charge in [0, 0.05) is 32.4 Å². The van der Waals surface area contributed by atoms with Gasteiger partial charge in [0.1, 0.15) is 11.4 Å². The SMILES string of the molecule is COc1ccc(C)cc1-n1ccc(C(=O)N2CCC(CCN3CCOCC3)CC2)n1. The van der Waals surface area contributed by atoms with E-state index in [1.807, 2.05) is 36.2 Å². The second-order valence-electron chi connectivity index (χ2n) is 8.30. The lowest BCUT2D eigenvalue weighted by atomic mass is 9.93. The molecule has 2 aliphatic rings. The van der Waals surface area contributed by atoms with E-state index in [-0.39, 0.29) is 5.91 Å². The number of carbonyl (C=O) groups excluding carboxylic acids is 1. The van der Waals surface area contributed by atoms with Gasteiger partial charge in [-0.3, -0.25) is 9.69 Å². The third-order valence-corrected chi connectivity index (χ3v) is 6.25.